The van der Waals surface area contributed by atoms with Crippen LogP contribution in [0.15, 0.2) is 66.7 Å². The fraction of sp³-hybridized carbons (Fsp3) is 0.292. The Morgan fingerprint density at radius 1 is 1.11 bits per heavy atom. The van der Waals surface area contributed by atoms with E-state index >= 15 is 0 Å². The fourth-order valence-corrected chi connectivity index (χ4v) is 3.81. The van der Waals surface area contributed by atoms with Crippen molar-refractivity contribution in [2.24, 2.45) is 5.41 Å². The molecule has 28 heavy (non-hydrogen) atoms. The van der Waals surface area contributed by atoms with E-state index in [0.717, 1.165) is 12.2 Å². The summed E-state index contributed by atoms with van der Waals surface area (Å²) in [5.41, 5.74) is 1.39. The van der Waals surface area contributed by atoms with Gasteiger partial charge in [0.2, 0.25) is 0 Å². The fourth-order valence-electron chi connectivity index (χ4n) is 2.71. The quantitative estimate of drug-likeness (QED) is 0.324. The van der Waals surface area contributed by atoms with Crippen LogP contribution < -0.4 is 4.74 Å². The molecule has 0 saturated carbocycles. The van der Waals surface area contributed by atoms with E-state index in [9.17, 15) is 4.79 Å². The highest BCUT2D eigenvalue weighted by Crippen LogP contribution is 2.35. The number of rotatable bonds is 8. The lowest BCUT2D eigenvalue weighted by Gasteiger charge is -2.27. The van der Waals surface area contributed by atoms with Crippen LogP contribution in [0.5, 0.6) is 5.75 Å². The second-order valence-electron chi connectivity index (χ2n) is 7.49. The van der Waals surface area contributed by atoms with E-state index in [1.807, 2.05) is 12.1 Å². The topological polar surface area (TPSA) is 35.5 Å². The van der Waals surface area contributed by atoms with Crippen LogP contribution in [0.2, 0.25) is 0 Å². The zero-order valence-corrected chi connectivity index (χ0v) is 17.5. The molecule has 0 saturated heterocycles. The van der Waals surface area contributed by atoms with E-state index in [1.165, 1.54) is 20.5 Å². The molecule has 0 bridgehead atoms. The summed E-state index contributed by atoms with van der Waals surface area (Å²) in [6, 6.07) is 18.8. The van der Waals surface area contributed by atoms with Gasteiger partial charge in [0.05, 0.1) is 6.61 Å². The van der Waals surface area contributed by atoms with Crippen molar-refractivity contribution in [2.45, 2.75) is 27.2 Å². The van der Waals surface area contributed by atoms with Crippen molar-refractivity contribution in [1.29, 1.82) is 0 Å². The van der Waals surface area contributed by atoms with Gasteiger partial charge in [-0.1, -0.05) is 50.8 Å². The van der Waals surface area contributed by atoms with Crippen LogP contribution >= 0.6 is 11.3 Å². The molecule has 0 radical (unpaired) electrons. The summed E-state index contributed by atoms with van der Waals surface area (Å²) in [5.74, 6) is 0.480. The Hall–Kier alpha value is -2.59. The first-order valence-electron chi connectivity index (χ1n) is 9.45. The van der Waals surface area contributed by atoms with Crippen LogP contribution in [0.25, 0.3) is 20.5 Å². The maximum absolute atomic E-state index is 11.7. The van der Waals surface area contributed by atoms with Gasteiger partial charge in [0, 0.05) is 20.6 Å². The Morgan fingerprint density at radius 2 is 1.86 bits per heavy atom. The van der Waals surface area contributed by atoms with Gasteiger partial charge < -0.3 is 9.47 Å². The summed E-state index contributed by atoms with van der Waals surface area (Å²) in [5, 5.41) is 1.21. The highest BCUT2D eigenvalue weighted by molar-refractivity contribution is 7.22. The van der Waals surface area contributed by atoms with Crippen LogP contribution in [0.1, 0.15) is 27.2 Å². The van der Waals surface area contributed by atoms with Crippen molar-refractivity contribution >= 4 is 27.4 Å². The van der Waals surface area contributed by atoms with E-state index < -0.39 is 0 Å². The third-order valence-electron chi connectivity index (χ3n) is 4.89. The maximum Gasteiger partial charge on any atom is 0.333 e. The minimum atomic E-state index is -0.354. The van der Waals surface area contributed by atoms with Crippen molar-refractivity contribution in [2.75, 3.05) is 13.2 Å². The molecule has 4 heteroatoms. The first-order chi connectivity index (χ1) is 13.4. The van der Waals surface area contributed by atoms with Gasteiger partial charge in [0.1, 0.15) is 12.4 Å². The van der Waals surface area contributed by atoms with E-state index in [2.05, 4.69) is 62.9 Å². The summed E-state index contributed by atoms with van der Waals surface area (Å²) in [4.78, 5) is 12.9. The zero-order chi connectivity index (χ0) is 20.1. The Labute approximate surface area is 170 Å². The van der Waals surface area contributed by atoms with Gasteiger partial charge in [-0.15, -0.1) is 11.3 Å². The lowest BCUT2D eigenvalue weighted by Crippen LogP contribution is -2.31. The Balaban J connectivity index is 1.69. The Bertz CT molecular complexity index is 974. The molecule has 0 aliphatic heterocycles. The van der Waals surface area contributed by atoms with Crippen LogP contribution in [0.3, 0.4) is 0 Å². The molecule has 2 aromatic carbocycles. The molecule has 3 rings (SSSR count). The monoisotopic (exact) mass is 394 g/mol. The van der Waals surface area contributed by atoms with E-state index in [1.54, 1.807) is 18.3 Å². The number of benzene rings is 2. The lowest BCUT2D eigenvalue weighted by atomic mass is 9.90. The molecular formula is C24H26O3S. The first-order valence-corrected chi connectivity index (χ1v) is 10.3. The van der Waals surface area contributed by atoms with E-state index in [4.69, 9.17) is 9.47 Å². The summed E-state index contributed by atoms with van der Waals surface area (Å²) in [6.07, 6.45) is 0.843. The highest BCUT2D eigenvalue weighted by Gasteiger charge is 2.26. The molecular weight excluding hydrogens is 368 g/mol. The van der Waals surface area contributed by atoms with Crippen molar-refractivity contribution in [1.82, 2.24) is 0 Å². The molecule has 3 nitrogen and oxygen atoms in total. The van der Waals surface area contributed by atoms with Crippen LogP contribution in [0, 0.1) is 5.41 Å². The lowest BCUT2D eigenvalue weighted by molar-refractivity contribution is -0.143. The first kappa shape index (κ1) is 20.2. The van der Waals surface area contributed by atoms with Gasteiger partial charge >= 0.3 is 5.97 Å². The number of carbonyl (C=O) groups excluding carboxylic acids is 1. The van der Waals surface area contributed by atoms with Crippen LogP contribution in [-0.4, -0.2) is 19.2 Å². The molecule has 0 aliphatic rings. The molecule has 1 heterocycles. The number of hydrogen-bond acceptors (Lipinski definition) is 4. The van der Waals surface area contributed by atoms with Crippen LogP contribution in [0.4, 0.5) is 0 Å². The zero-order valence-electron chi connectivity index (χ0n) is 16.7. The summed E-state index contributed by atoms with van der Waals surface area (Å²) < 4.78 is 12.6. The number of esters is 1. The van der Waals surface area contributed by atoms with Gasteiger partial charge in [0.25, 0.3) is 0 Å². The average Bonchev–Trinajstić information content (AvgIpc) is 3.14. The molecule has 146 valence electrons. The van der Waals surface area contributed by atoms with Gasteiger partial charge in [-0.05, 0) is 48.6 Å². The number of carbonyl (C=O) groups is 1. The minimum absolute atomic E-state index is 0.245. The molecule has 0 spiro atoms. The maximum atomic E-state index is 11.7. The van der Waals surface area contributed by atoms with Crippen molar-refractivity contribution in [3.05, 3.63) is 66.7 Å². The normalized spacial score (nSPS) is 13.1. The molecule has 1 atom stereocenters. The second-order valence-corrected chi connectivity index (χ2v) is 8.57. The van der Waals surface area contributed by atoms with E-state index in [-0.39, 0.29) is 11.4 Å². The number of ether oxygens (including phenoxy) is 2. The predicted octanol–water partition coefficient (Wildman–Crippen LogP) is 6.48. The third kappa shape index (κ3) is 4.82. The standard InChI is InChI=1S/C24H26O3S/c1-5-24(4,16-27-23(25)17(2)3)15-26-20-12-11-19-13-21(28-22(19)14-20)18-9-7-6-8-10-18/h6-14H,2,5,15-16H2,1,3-4H3. The van der Waals surface area contributed by atoms with E-state index in [0.29, 0.717) is 18.8 Å². The molecule has 1 unspecified atom stereocenters. The Kier molecular flexibility index (Phi) is 6.20. The summed E-state index contributed by atoms with van der Waals surface area (Å²) in [6.45, 7) is 10.2. The largest absolute Gasteiger partial charge is 0.493 e. The van der Waals surface area contributed by atoms with Gasteiger partial charge in [-0.2, -0.15) is 0 Å². The minimum Gasteiger partial charge on any atom is -0.493 e. The summed E-state index contributed by atoms with van der Waals surface area (Å²) in [7, 11) is 0. The number of hydrogen-bond donors (Lipinski definition) is 0. The molecule has 0 fully saturated rings. The number of thiophene rings is 1. The van der Waals surface area contributed by atoms with Gasteiger partial charge in [-0.3, -0.25) is 0 Å². The number of fused-ring (bicyclic) bond motifs is 1. The van der Waals surface area contributed by atoms with Gasteiger partial charge in [-0.25, -0.2) is 4.79 Å². The molecule has 3 aromatic rings. The van der Waals surface area contributed by atoms with Crippen LogP contribution in [-0.2, 0) is 9.53 Å². The molecule has 0 amide bonds. The SMILES string of the molecule is C=C(C)C(=O)OCC(C)(CC)COc1ccc2cc(-c3ccccc3)sc2c1. The summed E-state index contributed by atoms with van der Waals surface area (Å²) >= 11 is 1.76. The van der Waals surface area contributed by atoms with Crippen molar-refractivity contribution in [3.63, 3.8) is 0 Å². The highest BCUT2D eigenvalue weighted by atomic mass is 32.1. The van der Waals surface area contributed by atoms with Crippen molar-refractivity contribution in [3.8, 4) is 16.2 Å². The third-order valence-corrected chi connectivity index (χ3v) is 6.04. The molecule has 0 N–H and O–H groups in total. The average molecular weight is 395 g/mol. The second kappa shape index (κ2) is 8.61. The van der Waals surface area contributed by atoms with Gasteiger partial charge in [0.15, 0.2) is 0 Å². The molecule has 0 aliphatic carbocycles. The Morgan fingerprint density at radius 3 is 2.54 bits per heavy atom. The van der Waals surface area contributed by atoms with Crippen molar-refractivity contribution < 1.29 is 14.3 Å². The predicted molar refractivity (Wildman–Crippen MR) is 117 cm³/mol. The molecule has 1 aromatic heterocycles. The smallest absolute Gasteiger partial charge is 0.333 e.